The van der Waals surface area contributed by atoms with Gasteiger partial charge in [0, 0.05) is 30.8 Å². The quantitative estimate of drug-likeness (QED) is 0.904. The number of hydrogen-bond donors (Lipinski definition) is 1. The van der Waals surface area contributed by atoms with Gasteiger partial charge in [-0.25, -0.2) is 0 Å². The van der Waals surface area contributed by atoms with Crippen LogP contribution in [-0.4, -0.2) is 24.4 Å². The number of benzene rings is 2. The van der Waals surface area contributed by atoms with Crippen LogP contribution < -0.4 is 5.32 Å². The van der Waals surface area contributed by atoms with Crippen LogP contribution in [-0.2, 0) is 6.54 Å². The van der Waals surface area contributed by atoms with Crippen molar-refractivity contribution < 1.29 is 4.79 Å². The van der Waals surface area contributed by atoms with E-state index in [4.69, 9.17) is 11.6 Å². The van der Waals surface area contributed by atoms with Crippen LogP contribution in [0.15, 0.2) is 48.5 Å². The summed E-state index contributed by atoms with van der Waals surface area (Å²) in [7, 11) is 1.80. The van der Waals surface area contributed by atoms with Gasteiger partial charge in [0.1, 0.15) is 0 Å². The summed E-state index contributed by atoms with van der Waals surface area (Å²) >= 11 is 6.03. The van der Waals surface area contributed by atoms with Gasteiger partial charge in [0.25, 0.3) is 5.91 Å². The van der Waals surface area contributed by atoms with Crippen LogP contribution >= 0.6 is 11.6 Å². The van der Waals surface area contributed by atoms with Crippen molar-refractivity contribution in [1.29, 1.82) is 0 Å². The standard InChI is InChI=1S/C17H19ClN2O/c1-3-20(12-13-7-5-4-6-8-13)17(21)15-11-14(18)9-10-16(15)19-2/h4-11,19H,3,12H2,1-2H3. The molecule has 0 saturated heterocycles. The molecule has 0 saturated carbocycles. The number of hydrogen-bond acceptors (Lipinski definition) is 2. The minimum absolute atomic E-state index is 0.0202. The Hall–Kier alpha value is -2.00. The highest BCUT2D eigenvalue weighted by Crippen LogP contribution is 2.22. The van der Waals surface area contributed by atoms with Gasteiger partial charge in [0.15, 0.2) is 0 Å². The Morgan fingerprint density at radius 2 is 1.90 bits per heavy atom. The van der Waals surface area contributed by atoms with Crippen molar-refractivity contribution in [3.8, 4) is 0 Å². The maximum atomic E-state index is 12.7. The maximum absolute atomic E-state index is 12.7. The van der Waals surface area contributed by atoms with Crippen molar-refractivity contribution >= 4 is 23.2 Å². The van der Waals surface area contributed by atoms with Crippen LogP contribution in [0.3, 0.4) is 0 Å². The molecule has 0 aromatic heterocycles. The van der Waals surface area contributed by atoms with Gasteiger partial charge in [-0.15, -0.1) is 0 Å². The number of rotatable bonds is 5. The molecule has 0 atom stereocenters. The van der Waals surface area contributed by atoms with Gasteiger partial charge in [-0.2, -0.15) is 0 Å². The smallest absolute Gasteiger partial charge is 0.256 e. The zero-order valence-corrected chi connectivity index (χ0v) is 13.0. The van der Waals surface area contributed by atoms with Crippen LogP contribution in [0, 0.1) is 0 Å². The van der Waals surface area contributed by atoms with Crippen LogP contribution in [0.25, 0.3) is 0 Å². The van der Waals surface area contributed by atoms with E-state index >= 15 is 0 Å². The zero-order chi connectivity index (χ0) is 15.2. The third-order valence-electron chi connectivity index (χ3n) is 3.37. The SMILES string of the molecule is CCN(Cc1ccccc1)C(=O)c1cc(Cl)ccc1NC. The molecule has 0 bridgehead atoms. The topological polar surface area (TPSA) is 32.3 Å². The summed E-state index contributed by atoms with van der Waals surface area (Å²) in [4.78, 5) is 14.5. The lowest BCUT2D eigenvalue weighted by Gasteiger charge is -2.22. The van der Waals surface area contributed by atoms with E-state index in [2.05, 4.69) is 5.32 Å². The average Bonchev–Trinajstić information content (AvgIpc) is 2.53. The molecule has 0 unspecified atom stereocenters. The Labute approximate surface area is 130 Å². The van der Waals surface area contributed by atoms with Crippen molar-refractivity contribution in [2.45, 2.75) is 13.5 Å². The zero-order valence-electron chi connectivity index (χ0n) is 12.3. The lowest BCUT2D eigenvalue weighted by atomic mass is 10.1. The molecule has 0 aliphatic heterocycles. The number of carbonyl (C=O) groups is 1. The Balaban J connectivity index is 2.26. The fraction of sp³-hybridized carbons (Fsp3) is 0.235. The molecule has 21 heavy (non-hydrogen) atoms. The van der Waals surface area contributed by atoms with E-state index in [0.29, 0.717) is 23.7 Å². The molecule has 0 spiro atoms. The molecule has 3 nitrogen and oxygen atoms in total. The maximum Gasteiger partial charge on any atom is 0.256 e. The lowest BCUT2D eigenvalue weighted by Crippen LogP contribution is -2.30. The molecule has 0 radical (unpaired) electrons. The van der Waals surface area contributed by atoms with Crippen LogP contribution in [0.1, 0.15) is 22.8 Å². The van der Waals surface area contributed by atoms with Gasteiger partial charge in [0.05, 0.1) is 5.56 Å². The molecule has 0 fully saturated rings. The minimum atomic E-state index is -0.0202. The third-order valence-corrected chi connectivity index (χ3v) is 3.60. The molecule has 2 aromatic carbocycles. The predicted octanol–water partition coefficient (Wildman–Crippen LogP) is 4.04. The normalized spacial score (nSPS) is 10.2. The summed E-state index contributed by atoms with van der Waals surface area (Å²) in [6.45, 7) is 3.21. The van der Waals surface area contributed by atoms with Crippen molar-refractivity contribution in [2.75, 3.05) is 18.9 Å². The van der Waals surface area contributed by atoms with E-state index in [0.717, 1.165) is 11.3 Å². The first-order valence-corrected chi connectivity index (χ1v) is 7.34. The Bertz CT molecular complexity index is 613. The third kappa shape index (κ3) is 3.76. The lowest BCUT2D eigenvalue weighted by molar-refractivity contribution is 0.0753. The number of nitrogens with one attached hydrogen (secondary N) is 1. The molecular weight excluding hydrogens is 284 g/mol. The molecule has 0 aliphatic rings. The average molecular weight is 303 g/mol. The molecule has 1 N–H and O–H groups in total. The minimum Gasteiger partial charge on any atom is -0.387 e. The van der Waals surface area contributed by atoms with Crippen LogP contribution in [0.5, 0.6) is 0 Å². The highest BCUT2D eigenvalue weighted by molar-refractivity contribution is 6.31. The molecule has 2 rings (SSSR count). The molecular formula is C17H19ClN2O. The molecule has 110 valence electrons. The second-order valence-corrected chi connectivity index (χ2v) is 5.18. The summed E-state index contributed by atoms with van der Waals surface area (Å²) in [6, 6.07) is 15.3. The molecule has 2 aromatic rings. The number of carbonyl (C=O) groups excluding carboxylic acids is 1. The van der Waals surface area contributed by atoms with Gasteiger partial charge >= 0.3 is 0 Å². The van der Waals surface area contributed by atoms with E-state index in [-0.39, 0.29) is 5.91 Å². The summed E-state index contributed by atoms with van der Waals surface area (Å²) in [5.41, 5.74) is 2.50. The number of anilines is 1. The summed E-state index contributed by atoms with van der Waals surface area (Å²) in [5, 5.41) is 3.60. The number of halogens is 1. The molecule has 0 aliphatic carbocycles. The van der Waals surface area contributed by atoms with E-state index in [1.807, 2.05) is 48.2 Å². The highest BCUT2D eigenvalue weighted by atomic mass is 35.5. The number of amides is 1. The van der Waals surface area contributed by atoms with Gasteiger partial charge in [-0.3, -0.25) is 4.79 Å². The van der Waals surface area contributed by atoms with Crippen molar-refractivity contribution in [1.82, 2.24) is 4.90 Å². The fourth-order valence-electron chi connectivity index (χ4n) is 2.21. The molecule has 1 amide bonds. The first-order chi connectivity index (χ1) is 10.2. The first-order valence-electron chi connectivity index (χ1n) is 6.96. The summed E-state index contributed by atoms with van der Waals surface area (Å²) in [5.74, 6) is -0.0202. The van der Waals surface area contributed by atoms with Crippen LogP contribution in [0.2, 0.25) is 5.02 Å². The summed E-state index contributed by atoms with van der Waals surface area (Å²) in [6.07, 6.45) is 0. The van der Waals surface area contributed by atoms with E-state index in [9.17, 15) is 4.79 Å². The van der Waals surface area contributed by atoms with Crippen molar-refractivity contribution in [3.63, 3.8) is 0 Å². The van der Waals surface area contributed by atoms with Crippen LogP contribution in [0.4, 0.5) is 5.69 Å². The molecule has 4 heteroatoms. The Morgan fingerprint density at radius 1 is 1.19 bits per heavy atom. The number of nitrogens with zero attached hydrogens (tertiary/aromatic N) is 1. The highest BCUT2D eigenvalue weighted by Gasteiger charge is 2.18. The Kier molecular flexibility index (Phi) is 5.23. The van der Waals surface area contributed by atoms with Crippen molar-refractivity contribution in [2.24, 2.45) is 0 Å². The van der Waals surface area contributed by atoms with Gasteiger partial charge in [-0.1, -0.05) is 41.9 Å². The largest absolute Gasteiger partial charge is 0.387 e. The van der Waals surface area contributed by atoms with E-state index in [1.165, 1.54) is 0 Å². The van der Waals surface area contributed by atoms with Crippen molar-refractivity contribution in [3.05, 3.63) is 64.7 Å². The van der Waals surface area contributed by atoms with Gasteiger partial charge < -0.3 is 10.2 Å². The molecule has 0 heterocycles. The second kappa shape index (κ2) is 7.14. The van der Waals surface area contributed by atoms with E-state index in [1.54, 1.807) is 19.2 Å². The predicted molar refractivity (Wildman–Crippen MR) is 87.9 cm³/mol. The second-order valence-electron chi connectivity index (χ2n) is 4.74. The first kappa shape index (κ1) is 15.4. The summed E-state index contributed by atoms with van der Waals surface area (Å²) < 4.78 is 0. The fourth-order valence-corrected chi connectivity index (χ4v) is 2.38. The van der Waals surface area contributed by atoms with E-state index < -0.39 is 0 Å². The van der Waals surface area contributed by atoms with Gasteiger partial charge in [-0.05, 0) is 30.7 Å². The monoisotopic (exact) mass is 302 g/mol. The Morgan fingerprint density at radius 3 is 2.52 bits per heavy atom. The van der Waals surface area contributed by atoms with Gasteiger partial charge in [0.2, 0.25) is 0 Å².